The highest BCUT2D eigenvalue weighted by molar-refractivity contribution is 5.56. The van der Waals surface area contributed by atoms with E-state index in [-0.39, 0.29) is 5.82 Å². The number of rotatable bonds is 5. The number of aromatic nitrogens is 4. The fourth-order valence-electron chi connectivity index (χ4n) is 1.76. The van der Waals surface area contributed by atoms with Crippen LogP contribution in [0.3, 0.4) is 0 Å². The van der Waals surface area contributed by atoms with Crippen LogP contribution in [0.5, 0.6) is 0 Å². The zero-order valence-corrected chi connectivity index (χ0v) is 10.3. The second-order valence-electron chi connectivity index (χ2n) is 4.20. The molecular weight excluding hydrogens is 233 g/mol. The molecule has 0 aliphatic rings. The van der Waals surface area contributed by atoms with Gasteiger partial charge in [0.2, 0.25) is 0 Å². The third-order valence-corrected chi connectivity index (χ3v) is 2.72. The molecule has 0 bridgehead atoms. The monoisotopic (exact) mass is 249 g/mol. The van der Waals surface area contributed by atoms with Crippen LogP contribution in [0.15, 0.2) is 18.2 Å². The van der Waals surface area contributed by atoms with E-state index in [9.17, 15) is 4.39 Å². The maximum absolute atomic E-state index is 13.9. The Bertz CT molecular complexity index is 523. The number of hydrogen-bond acceptors (Lipinski definition) is 4. The summed E-state index contributed by atoms with van der Waals surface area (Å²) in [5.41, 5.74) is 6.74. The van der Waals surface area contributed by atoms with E-state index in [0.717, 1.165) is 18.4 Å². The van der Waals surface area contributed by atoms with Crippen LogP contribution in [0.1, 0.15) is 18.4 Å². The number of nitrogens with zero attached hydrogens (tertiary/aromatic N) is 4. The Morgan fingerprint density at radius 3 is 2.89 bits per heavy atom. The van der Waals surface area contributed by atoms with Crippen molar-refractivity contribution in [2.24, 2.45) is 5.73 Å². The van der Waals surface area contributed by atoms with Gasteiger partial charge in [-0.2, -0.15) is 0 Å². The molecule has 2 aromatic rings. The number of unbranched alkanes of at least 4 members (excludes halogenated alkanes) is 1. The van der Waals surface area contributed by atoms with Crippen molar-refractivity contribution < 1.29 is 4.39 Å². The van der Waals surface area contributed by atoms with Crippen LogP contribution in [0, 0.1) is 12.7 Å². The highest BCUT2D eigenvalue weighted by Crippen LogP contribution is 2.21. The predicted octanol–water partition coefficient (Wildman–Crippen LogP) is 1.53. The average Bonchev–Trinajstić information content (AvgIpc) is 2.78. The SMILES string of the molecule is Cc1ccc(-c2nnnn2CCCCN)c(F)c1. The van der Waals surface area contributed by atoms with E-state index in [0.29, 0.717) is 24.5 Å². The minimum Gasteiger partial charge on any atom is -0.330 e. The van der Waals surface area contributed by atoms with E-state index < -0.39 is 0 Å². The van der Waals surface area contributed by atoms with Crippen molar-refractivity contribution in [1.82, 2.24) is 20.2 Å². The van der Waals surface area contributed by atoms with Crippen molar-refractivity contribution in [1.29, 1.82) is 0 Å². The Hall–Kier alpha value is -1.82. The average molecular weight is 249 g/mol. The molecule has 0 aliphatic carbocycles. The summed E-state index contributed by atoms with van der Waals surface area (Å²) in [6.07, 6.45) is 1.78. The van der Waals surface area contributed by atoms with E-state index in [1.807, 2.05) is 13.0 Å². The van der Waals surface area contributed by atoms with Gasteiger partial charge in [0.25, 0.3) is 0 Å². The summed E-state index contributed by atoms with van der Waals surface area (Å²) in [6.45, 7) is 3.13. The molecule has 1 heterocycles. The van der Waals surface area contributed by atoms with Crippen molar-refractivity contribution in [3.05, 3.63) is 29.6 Å². The molecule has 0 saturated carbocycles. The van der Waals surface area contributed by atoms with Gasteiger partial charge in [-0.15, -0.1) is 5.10 Å². The molecule has 0 atom stereocenters. The van der Waals surface area contributed by atoms with Crippen LogP contribution >= 0.6 is 0 Å². The molecule has 0 fully saturated rings. The largest absolute Gasteiger partial charge is 0.330 e. The molecule has 18 heavy (non-hydrogen) atoms. The molecule has 1 aromatic carbocycles. The quantitative estimate of drug-likeness (QED) is 0.816. The molecule has 0 radical (unpaired) electrons. The Morgan fingerprint density at radius 2 is 2.17 bits per heavy atom. The summed E-state index contributed by atoms with van der Waals surface area (Å²) in [5.74, 6) is 0.161. The van der Waals surface area contributed by atoms with Crippen LogP contribution in [0.25, 0.3) is 11.4 Å². The lowest BCUT2D eigenvalue weighted by Crippen LogP contribution is -2.06. The van der Waals surface area contributed by atoms with E-state index in [1.165, 1.54) is 6.07 Å². The lowest BCUT2D eigenvalue weighted by Gasteiger charge is -2.05. The van der Waals surface area contributed by atoms with Crippen LogP contribution in [-0.4, -0.2) is 26.8 Å². The fourth-order valence-corrected chi connectivity index (χ4v) is 1.76. The number of hydrogen-bond donors (Lipinski definition) is 1. The predicted molar refractivity (Wildman–Crippen MR) is 66.2 cm³/mol. The molecule has 0 amide bonds. The highest BCUT2D eigenvalue weighted by Gasteiger charge is 2.13. The summed E-state index contributed by atoms with van der Waals surface area (Å²) in [5, 5.41) is 11.4. The van der Waals surface area contributed by atoms with Gasteiger partial charge in [-0.1, -0.05) is 6.07 Å². The van der Waals surface area contributed by atoms with Gasteiger partial charge in [0, 0.05) is 6.54 Å². The minimum absolute atomic E-state index is 0.301. The molecule has 0 aliphatic heterocycles. The number of halogens is 1. The number of nitrogens with two attached hydrogens (primary N) is 1. The maximum atomic E-state index is 13.9. The topological polar surface area (TPSA) is 69.6 Å². The molecule has 0 spiro atoms. The summed E-state index contributed by atoms with van der Waals surface area (Å²) < 4.78 is 15.5. The van der Waals surface area contributed by atoms with Crippen molar-refractivity contribution in [2.75, 3.05) is 6.54 Å². The smallest absolute Gasteiger partial charge is 0.184 e. The molecule has 96 valence electrons. The summed E-state index contributed by atoms with van der Waals surface area (Å²) >= 11 is 0. The minimum atomic E-state index is -0.301. The molecule has 6 heteroatoms. The molecule has 0 saturated heterocycles. The molecular formula is C12H16FN5. The standard InChI is InChI=1S/C12H16FN5/c1-9-4-5-10(11(13)8-9)12-15-16-17-18(12)7-3-2-6-14/h4-5,8H,2-3,6-7,14H2,1H3. The Labute approximate surface area is 105 Å². The molecule has 2 N–H and O–H groups in total. The Kier molecular flexibility index (Phi) is 3.99. The van der Waals surface area contributed by atoms with Gasteiger partial charge in [-0.3, -0.25) is 0 Å². The van der Waals surface area contributed by atoms with E-state index in [2.05, 4.69) is 15.5 Å². The van der Waals surface area contributed by atoms with Crippen molar-refractivity contribution in [3.63, 3.8) is 0 Å². The summed E-state index contributed by atoms with van der Waals surface area (Å²) in [4.78, 5) is 0. The second-order valence-corrected chi connectivity index (χ2v) is 4.20. The lowest BCUT2D eigenvalue weighted by molar-refractivity contribution is 0.546. The Balaban J connectivity index is 2.25. The maximum Gasteiger partial charge on any atom is 0.184 e. The van der Waals surface area contributed by atoms with Gasteiger partial charge in [-0.05, 0) is 54.4 Å². The van der Waals surface area contributed by atoms with E-state index in [4.69, 9.17) is 5.73 Å². The normalized spacial score (nSPS) is 10.8. The number of aryl methyl sites for hydroxylation is 2. The zero-order chi connectivity index (χ0) is 13.0. The van der Waals surface area contributed by atoms with Crippen LogP contribution in [-0.2, 0) is 6.54 Å². The first-order chi connectivity index (χ1) is 8.72. The van der Waals surface area contributed by atoms with Crippen LogP contribution in [0.4, 0.5) is 4.39 Å². The van der Waals surface area contributed by atoms with Crippen molar-refractivity contribution in [2.45, 2.75) is 26.3 Å². The van der Waals surface area contributed by atoms with Gasteiger partial charge in [0.15, 0.2) is 5.82 Å². The number of benzene rings is 1. The molecule has 0 unspecified atom stereocenters. The van der Waals surface area contributed by atoms with E-state index >= 15 is 0 Å². The van der Waals surface area contributed by atoms with Crippen LogP contribution < -0.4 is 5.73 Å². The molecule has 2 rings (SSSR count). The first kappa shape index (κ1) is 12.6. The van der Waals surface area contributed by atoms with Gasteiger partial charge in [-0.25, -0.2) is 9.07 Å². The first-order valence-corrected chi connectivity index (χ1v) is 5.95. The van der Waals surface area contributed by atoms with Gasteiger partial charge < -0.3 is 5.73 Å². The van der Waals surface area contributed by atoms with E-state index in [1.54, 1.807) is 10.7 Å². The highest BCUT2D eigenvalue weighted by atomic mass is 19.1. The zero-order valence-electron chi connectivity index (χ0n) is 10.3. The third-order valence-electron chi connectivity index (χ3n) is 2.72. The first-order valence-electron chi connectivity index (χ1n) is 5.95. The third kappa shape index (κ3) is 2.70. The van der Waals surface area contributed by atoms with Gasteiger partial charge in [0.05, 0.1) is 5.56 Å². The summed E-state index contributed by atoms with van der Waals surface area (Å²) in [7, 11) is 0. The second kappa shape index (κ2) is 5.68. The van der Waals surface area contributed by atoms with Gasteiger partial charge in [0.1, 0.15) is 5.82 Å². The molecule has 5 nitrogen and oxygen atoms in total. The van der Waals surface area contributed by atoms with Gasteiger partial charge >= 0.3 is 0 Å². The van der Waals surface area contributed by atoms with Crippen molar-refractivity contribution >= 4 is 0 Å². The molecule has 1 aromatic heterocycles. The van der Waals surface area contributed by atoms with Crippen molar-refractivity contribution in [3.8, 4) is 11.4 Å². The fraction of sp³-hybridized carbons (Fsp3) is 0.417. The lowest BCUT2D eigenvalue weighted by atomic mass is 10.1. The van der Waals surface area contributed by atoms with Crippen LogP contribution in [0.2, 0.25) is 0 Å². The Morgan fingerprint density at radius 1 is 1.33 bits per heavy atom. The summed E-state index contributed by atoms with van der Waals surface area (Å²) in [6, 6.07) is 5.03. The number of tetrazole rings is 1.